The third-order valence-corrected chi connectivity index (χ3v) is 6.81. The molecule has 0 fully saturated rings. The van der Waals surface area contributed by atoms with Gasteiger partial charge in [-0.1, -0.05) is 46.0 Å². The van der Waals surface area contributed by atoms with E-state index in [1.165, 1.54) is 19.2 Å². The highest BCUT2D eigenvalue weighted by Gasteiger charge is 2.62. The minimum atomic E-state index is -4.85. The summed E-state index contributed by atoms with van der Waals surface area (Å²) in [6.45, 7) is 1.65. The maximum atomic E-state index is 14.3. The highest BCUT2D eigenvalue weighted by molar-refractivity contribution is 6.48. The number of amides is 1. The van der Waals surface area contributed by atoms with Crippen molar-refractivity contribution in [3.05, 3.63) is 67.7 Å². The van der Waals surface area contributed by atoms with Crippen LogP contribution in [0.5, 0.6) is 0 Å². The van der Waals surface area contributed by atoms with Crippen LogP contribution in [0.15, 0.2) is 40.6 Å². The van der Waals surface area contributed by atoms with E-state index in [0.717, 1.165) is 12.1 Å². The van der Waals surface area contributed by atoms with Gasteiger partial charge in [-0.2, -0.15) is 13.2 Å². The van der Waals surface area contributed by atoms with E-state index >= 15 is 0 Å². The Kier molecular flexibility index (Phi) is 6.82. The number of alkyl halides is 3. The molecule has 2 aromatic carbocycles. The summed E-state index contributed by atoms with van der Waals surface area (Å²) in [6, 6.07) is 6.65. The molecule has 0 radical (unpaired) electrons. The van der Waals surface area contributed by atoms with Gasteiger partial charge in [-0.25, -0.2) is 0 Å². The molecule has 2 aromatic rings. The number of hydrogen-bond acceptors (Lipinski definition) is 6. The van der Waals surface area contributed by atoms with Crippen molar-refractivity contribution >= 4 is 52.3 Å². The molecule has 7 nitrogen and oxygen atoms in total. The van der Waals surface area contributed by atoms with E-state index < -0.39 is 30.3 Å². The summed E-state index contributed by atoms with van der Waals surface area (Å²) in [6.07, 6.45) is -5.90. The lowest BCUT2D eigenvalue weighted by atomic mass is 9.86. The summed E-state index contributed by atoms with van der Waals surface area (Å²) < 4.78 is 47.7. The van der Waals surface area contributed by atoms with Crippen LogP contribution in [0.25, 0.3) is 0 Å². The van der Waals surface area contributed by atoms with Crippen LogP contribution in [0.2, 0.25) is 15.1 Å². The minimum Gasteiger partial charge on any atom is -0.482 e. The van der Waals surface area contributed by atoms with E-state index in [4.69, 9.17) is 49.2 Å². The summed E-state index contributed by atoms with van der Waals surface area (Å²) in [4.78, 5) is 22.7. The number of ether oxygens (including phenoxy) is 1. The van der Waals surface area contributed by atoms with Crippen molar-refractivity contribution in [1.82, 2.24) is 5.32 Å². The van der Waals surface area contributed by atoms with Crippen LogP contribution >= 0.6 is 34.8 Å². The van der Waals surface area contributed by atoms with Gasteiger partial charge in [0.1, 0.15) is 0 Å². The van der Waals surface area contributed by atoms with E-state index in [2.05, 4.69) is 15.6 Å². The number of methoxy groups -OCH3 is 1. The van der Waals surface area contributed by atoms with E-state index in [1.807, 2.05) is 0 Å². The molecule has 0 saturated carbocycles. The van der Waals surface area contributed by atoms with Gasteiger partial charge in [-0.15, -0.1) is 0 Å². The molecule has 2 heterocycles. The maximum Gasteiger partial charge on any atom is 0.435 e. The van der Waals surface area contributed by atoms with Crippen LogP contribution in [-0.2, 0) is 20.0 Å². The quantitative estimate of drug-likeness (QED) is 0.476. The second-order valence-corrected chi connectivity index (χ2v) is 9.07. The first kappa shape index (κ1) is 25.4. The first-order chi connectivity index (χ1) is 16.4. The lowest BCUT2D eigenvalue weighted by Crippen LogP contribution is -2.42. The summed E-state index contributed by atoms with van der Waals surface area (Å²) in [7, 11) is 1.44. The first-order valence-electron chi connectivity index (χ1n) is 10.1. The molecule has 0 spiro atoms. The Labute approximate surface area is 212 Å². The van der Waals surface area contributed by atoms with Gasteiger partial charge in [-0.3, -0.25) is 4.79 Å². The van der Waals surface area contributed by atoms with Crippen molar-refractivity contribution in [3.63, 3.8) is 0 Å². The number of halogens is 6. The molecule has 35 heavy (non-hydrogen) atoms. The van der Waals surface area contributed by atoms with Crippen LogP contribution in [0.4, 0.5) is 13.2 Å². The Morgan fingerprint density at radius 2 is 1.86 bits per heavy atom. The molecule has 0 saturated heterocycles. The molecule has 1 N–H and O–H groups in total. The predicted octanol–water partition coefficient (Wildman–Crippen LogP) is 5.97. The maximum absolute atomic E-state index is 14.3. The van der Waals surface area contributed by atoms with Gasteiger partial charge < -0.3 is 19.7 Å². The van der Waals surface area contributed by atoms with Gasteiger partial charge in [0, 0.05) is 17.5 Å². The number of aryl methyl sites for hydroxylation is 1. The van der Waals surface area contributed by atoms with Crippen molar-refractivity contribution in [3.8, 4) is 0 Å². The lowest BCUT2D eigenvalue weighted by Gasteiger charge is -2.30. The van der Waals surface area contributed by atoms with Gasteiger partial charge in [-0.05, 0) is 47.5 Å². The zero-order chi connectivity index (χ0) is 25.5. The molecule has 4 rings (SSSR count). The van der Waals surface area contributed by atoms with Crippen molar-refractivity contribution in [2.45, 2.75) is 37.8 Å². The molecule has 1 amide bonds. The number of rotatable bonds is 4. The van der Waals surface area contributed by atoms with Gasteiger partial charge in [0.05, 0.1) is 34.3 Å². The third-order valence-electron chi connectivity index (χ3n) is 5.61. The van der Waals surface area contributed by atoms with Crippen LogP contribution in [0, 0.1) is 6.92 Å². The normalized spacial score (nSPS) is 21.7. The molecule has 0 aliphatic carbocycles. The summed E-state index contributed by atoms with van der Waals surface area (Å²) >= 11 is 17.8. The zero-order valence-electron chi connectivity index (χ0n) is 18.2. The number of carbonyl (C=O) groups is 1. The topological polar surface area (TPSA) is 81.5 Å². The number of oxime groups is 2. The Balaban J connectivity index is 1.56. The fourth-order valence-electron chi connectivity index (χ4n) is 3.72. The predicted molar refractivity (Wildman–Crippen MR) is 124 cm³/mol. The summed E-state index contributed by atoms with van der Waals surface area (Å²) in [5.41, 5.74) is -1.92. The fraction of sp³-hybridized carbons (Fsp3) is 0.318. The first-order valence-corrected chi connectivity index (χ1v) is 11.2. The van der Waals surface area contributed by atoms with Crippen LogP contribution in [0.1, 0.15) is 39.9 Å². The Morgan fingerprint density at radius 3 is 2.43 bits per heavy atom. The molecular weight excluding hydrogens is 534 g/mol. The summed E-state index contributed by atoms with van der Waals surface area (Å²) in [5.74, 6) is -0.0932. The molecule has 186 valence electrons. The average Bonchev–Trinajstić information content (AvgIpc) is 3.44. The third kappa shape index (κ3) is 4.74. The van der Waals surface area contributed by atoms with E-state index in [0.29, 0.717) is 22.6 Å². The van der Waals surface area contributed by atoms with Crippen molar-refractivity contribution in [2.75, 3.05) is 7.11 Å². The van der Waals surface area contributed by atoms with Gasteiger partial charge in [0.15, 0.2) is 0 Å². The molecule has 0 aromatic heterocycles. The smallest absolute Gasteiger partial charge is 0.435 e. The van der Waals surface area contributed by atoms with E-state index in [9.17, 15) is 18.0 Å². The zero-order valence-corrected chi connectivity index (χ0v) is 20.4. The van der Waals surface area contributed by atoms with Crippen molar-refractivity contribution in [1.29, 1.82) is 0 Å². The average molecular weight is 551 g/mol. The second-order valence-electron chi connectivity index (χ2n) is 7.88. The van der Waals surface area contributed by atoms with Crippen molar-refractivity contribution in [2.24, 2.45) is 10.3 Å². The Bertz CT molecular complexity index is 1230. The van der Waals surface area contributed by atoms with Crippen LogP contribution in [0.3, 0.4) is 0 Å². The van der Waals surface area contributed by atoms with Gasteiger partial charge >= 0.3 is 6.18 Å². The van der Waals surface area contributed by atoms with Gasteiger partial charge in [0.25, 0.3) is 11.5 Å². The highest BCUT2D eigenvalue weighted by atomic mass is 35.5. The van der Waals surface area contributed by atoms with Crippen LogP contribution < -0.4 is 5.32 Å². The number of nitrogens with one attached hydrogen (secondary N) is 1. The van der Waals surface area contributed by atoms with E-state index in [1.54, 1.807) is 13.0 Å². The number of benzene rings is 2. The summed E-state index contributed by atoms with van der Waals surface area (Å²) in [5, 5.41) is 9.72. The molecular formula is C22H17Cl3F3N3O4. The largest absolute Gasteiger partial charge is 0.482 e. The van der Waals surface area contributed by atoms with Crippen molar-refractivity contribution < 1.29 is 32.4 Å². The molecule has 0 unspecified atom stereocenters. The Hall–Kier alpha value is -2.69. The fourth-order valence-corrected chi connectivity index (χ4v) is 4.32. The highest BCUT2D eigenvalue weighted by Crippen LogP contribution is 2.50. The molecule has 2 atom stereocenters. The molecule has 0 bridgehead atoms. The van der Waals surface area contributed by atoms with Gasteiger partial charge in [0.2, 0.25) is 12.1 Å². The standard InChI is InChI=1S/C22H17Cl3F3N3O4/c1-10-5-11(3-4-13(10)20(32)29-17-8-18(33-2)31-34-17)16-9-21(35-30-16,22(26,27)28)12-6-14(23)19(25)15(24)7-12/h3-7,17H,8-9H2,1-2H3,(H,29,32)/t17-,21+/m1/s1. The molecule has 2 aliphatic rings. The SMILES string of the molecule is COC1=NO[C@@H](NC(=O)c2ccc(C3=NO[C@@](c4cc(Cl)c(Cl)c(Cl)c4)(C(F)(F)F)C3)cc2C)C1. The monoisotopic (exact) mass is 549 g/mol. The number of nitrogens with zero attached hydrogens (tertiary/aromatic N) is 2. The van der Waals surface area contributed by atoms with Crippen LogP contribution in [-0.4, -0.2) is 37.0 Å². The second kappa shape index (κ2) is 9.40. The Morgan fingerprint density at radius 1 is 1.17 bits per heavy atom. The number of carbonyl (C=O) groups excluding carboxylic acids is 1. The van der Waals surface area contributed by atoms with E-state index in [-0.39, 0.29) is 32.8 Å². The number of hydrogen-bond donors (Lipinski definition) is 1. The molecule has 2 aliphatic heterocycles. The minimum absolute atomic E-state index is 0.0387. The molecule has 13 heteroatoms. The lowest BCUT2D eigenvalue weighted by molar-refractivity contribution is -0.275.